The first-order chi connectivity index (χ1) is 16.7. The summed E-state index contributed by atoms with van der Waals surface area (Å²) in [5.41, 5.74) is 22.1. The lowest BCUT2D eigenvalue weighted by Gasteiger charge is -2.24. The molecule has 0 radical (unpaired) electrons. The number of nitrogens with two attached hydrogens (primary N) is 4. The zero-order chi connectivity index (χ0) is 26.2. The lowest BCUT2D eigenvalue weighted by atomic mass is 10.0. The Morgan fingerprint density at radius 1 is 0.943 bits per heavy atom. The molecule has 0 bridgehead atoms. The van der Waals surface area contributed by atoms with E-state index in [0.29, 0.717) is 38.0 Å². The molecule has 0 unspecified atom stereocenters. The summed E-state index contributed by atoms with van der Waals surface area (Å²) in [7, 11) is 0. The minimum Gasteiger partial charge on any atom is -0.370 e. The number of nitrogens with one attached hydrogen (secondary N) is 6. The number of rotatable bonds is 17. The predicted molar refractivity (Wildman–Crippen MR) is 128 cm³/mol. The predicted octanol–water partition coefficient (Wildman–Crippen LogP) is -3.76. The van der Waals surface area contributed by atoms with Gasteiger partial charge in [-0.2, -0.15) is 0 Å². The first-order valence-corrected chi connectivity index (χ1v) is 11.3. The quantitative estimate of drug-likeness (QED) is 0.0576. The van der Waals surface area contributed by atoms with Gasteiger partial charge in [0.25, 0.3) is 0 Å². The maximum Gasteiger partial charge on any atom is 0.243 e. The summed E-state index contributed by atoms with van der Waals surface area (Å²) in [5.74, 6) is -2.69. The molecule has 0 saturated heterocycles. The number of nitrogens with zero attached hydrogens (tertiary/aromatic N) is 1. The molecule has 196 valence electrons. The van der Waals surface area contributed by atoms with Crippen molar-refractivity contribution in [3.05, 3.63) is 18.2 Å². The molecule has 4 amide bonds. The average molecular weight is 496 g/mol. The van der Waals surface area contributed by atoms with Crippen LogP contribution < -0.4 is 44.2 Å². The van der Waals surface area contributed by atoms with E-state index in [1.807, 2.05) is 0 Å². The first-order valence-electron chi connectivity index (χ1n) is 11.3. The Kier molecular flexibility index (Phi) is 13.4. The highest BCUT2D eigenvalue weighted by atomic mass is 16.2. The summed E-state index contributed by atoms with van der Waals surface area (Å²) in [5, 5.41) is 17.5. The highest BCUT2D eigenvalue weighted by molar-refractivity contribution is 5.94. The van der Waals surface area contributed by atoms with E-state index < -0.39 is 41.8 Å². The van der Waals surface area contributed by atoms with Gasteiger partial charge in [0.05, 0.1) is 18.6 Å². The van der Waals surface area contributed by atoms with Gasteiger partial charge in [-0.25, -0.2) is 4.98 Å². The molecule has 0 fully saturated rings. The minimum atomic E-state index is -1.02. The molecule has 0 aliphatic rings. The van der Waals surface area contributed by atoms with Crippen molar-refractivity contribution >= 4 is 29.6 Å². The number of unbranched alkanes of at least 4 members (excludes halogenated alkanes) is 1. The van der Waals surface area contributed by atoms with E-state index in [1.54, 1.807) is 6.20 Å². The summed E-state index contributed by atoms with van der Waals surface area (Å²) in [4.78, 5) is 56.6. The molecule has 0 spiro atoms. The topological polar surface area (TPSA) is 273 Å². The van der Waals surface area contributed by atoms with Gasteiger partial charge in [0.2, 0.25) is 23.6 Å². The van der Waals surface area contributed by atoms with Gasteiger partial charge in [-0.3, -0.25) is 24.6 Å². The summed E-state index contributed by atoms with van der Waals surface area (Å²) in [6.45, 7) is 0.411. The second-order valence-electron chi connectivity index (χ2n) is 7.88. The van der Waals surface area contributed by atoms with Gasteiger partial charge in [0.1, 0.15) is 18.1 Å². The fourth-order valence-electron chi connectivity index (χ4n) is 3.20. The van der Waals surface area contributed by atoms with E-state index in [9.17, 15) is 19.2 Å². The van der Waals surface area contributed by atoms with E-state index >= 15 is 0 Å². The molecule has 14 N–H and O–H groups in total. The number of carbonyl (C=O) groups is 4. The molecule has 3 atom stereocenters. The second-order valence-corrected chi connectivity index (χ2v) is 7.88. The molecule has 1 heterocycles. The Morgan fingerprint density at radius 2 is 1.60 bits per heavy atom. The fraction of sp³-hybridized carbons (Fsp3) is 0.600. The van der Waals surface area contributed by atoms with Gasteiger partial charge < -0.3 is 49.2 Å². The van der Waals surface area contributed by atoms with E-state index in [1.165, 1.54) is 6.33 Å². The molecule has 15 nitrogen and oxygen atoms in total. The molecule has 0 saturated carbocycles. The number of H-pyrrole nitrogens is 1. The zero-order valence-electron chi connectivity index (χ0n) is 19.6. The Labute approximate surface area is 203 Å². The van der Waals surface area contributed by atoms with Crippen LogP contribution >= 0.6 is 0 Å². The fourth-order valence-corrected chi connectivity index (χ4v) is 3.20. The summed E-state index contributed by atoms with van der Waals surface area (Å²) >= 11 is 0. The monoisotopic (exact) mass is 495 g/mol. The first kappa shape index (κ1) is 29.3. The SMILES string of the molecule is N=C(N)NCCC[C@H](NC(=O)[C@H](CCCCN)NC(=O)[C@H](Cc1c[nH]cn1)NC(=O)CN)C(N)=O. The van der Waals surface area contributed by atoms with E-state index in [0.717, 1.165) is 0 Å². The number of primary amides is 1. The minimum absolute atomic E-state index is 0.0747. The Morgan fingerprint density at radius 3 is 2.17 bits per heavy atom. The third-order valence-electron chi connectivity index (χ3n) is 5.03. The van der Waals surface area contributed by atoms with Crippen molar-refractivity contribution in [2.45, 2.75) is 56.7 Å². The van der Waals surface area contributed by atoms with Crippen LogP contribution in [0.4, 0.5) is 0 Å². The third-order valence-corrected chi connectivity index (χ3v) is 5.03. The van der Waals surface area contributed by atoms with Crippen LogP contribution in [0.25, 0.3) is 0 Å². The Bertz CT molecular complexity index is 831. The third kappa shape index (κ3) is 11.8. The van der Waals surface area contributed by atoms with Crippen molar-refractivity contribution in [2.75, 3.05) is 19.6 Å². The van der Waals surface area contributed by atoms with Crippen molar-refractivity contribution in [1.29, 1.82) is 5.41 Å². The maximum absolute atomic E-state index is 13.0. The number of hydrogen-bond acceptors (Lipinski definition) is 8. The normalized spacial score (nSPS) is 13.2. The molecule has 15 heteroatoms. The molecule has 1 aromatic heterocycles. The van der Waals surface area contributed by atoms with Crippen LogP contribution in [0.1, 0.15) is 37.8 Å². The summed E-state index contributed by atoms with van der Waals surface area (Å²) < 4.78 is 0. The smallest absolute Gasteiger partial charge is 0.243 e. The van der Waals surface area contributed by atoms with Gasteiger partial charge in [0, 0.05) is 19.2 Å². The van der Waals surface area contributed by atoms with Gasteiger partial charge >= 0.3 is 0 Å². The van der Waals surface area contributed by atoms with E-state index in [-0.39, 0.29) is 31.8 Å². The van der Waals surface area contributed by atoms with Crippen LogP contribution in [0.3, 0.4) is 0 Å². The number of carbonyl (C=O) groups excluding carboxylic acids is 4. The molecule has 1 rings (SSSR count). The number of amides is 4. The van der Waals surface area contributed by atoms with Crippen LogP contribution in [-0.4, -0.2) is 77.3 Å². The number of hydrogen-bond donors (Lipinski definition) is 10. The lowest BCUT2D eigenvalue weighted by Crippen LogP contribution is -2.57. The van der Waals surface area contributed by atoms with Gasteiger partial charge in [0.15, 0.2) is 5.96 Å². The van der Waals surface area contributed by atoms with Crippen molar-refractivity contribution in [2.24, 2.45) is 22.9 Å². The van der Waals surface area contributed by atoms with Crippen LogP contribution in [0.15, 0.2) is 12.5 Å². The van der Waals surface area contributed by atoms with Gasteiger partial charge in [-0.15, -0.1) is 0 Å². The van der Waals surface area contributed by atoms with Crippen molar-refractivity contribution in [1.82, 2.24) is 31.2 Å². The highest BCUT2D eigenvalue weighted by Gasteiger charge is 2.29. The highest BCUT2D eigenvalue weighted by Crippen LogP contribution is 2.06. The number of aromatic nitrogens is 2. The Balaban J connectivity index is 2.90. The zero-order valence-corrected chi connectivity index (χ0v) is 19.6. The largest absolute Gasteiger partial charge is 0.370 e. The Hall–Kier alpha value is -3.72. The number of guanidine groups is 1. The molecular weight excluding hydrogens is 458 g/mol. The molecule has 35 heavy (non-hydrogen) atoms. The number of aromatic amines is 1. The lowest BCUT2D eigenvalue weighted by molar-refractivity contribution is -0.133. The summed E-state index contributed by atoms with van der Waals surface area (Å²) in [6.07, 6.45) is 5.13. The molecule has 0 aromatic carbocycles. The van der Waals surface area contributed by atoms with Gasteiger partial charge in [-0.1, -0.05) is 0 Å². The average Bonchev–Trinajstić information content (AvgIpc) is 3.32. The van der Waals surface area contributed by atoms with Gasteiger partial charge in [-0.05, 0) is 38.6 Å². The van der Waals surface area contributed by atoms with Crippen LogP contribution in [0.5, 0.6) is 0 Å². The molecule has 1 aromatic rings. The van der Waals surface area contributed by atoms with Crippen molar-refractivity contribution in [3.8, 4) is 0 Å². The van der Waals surface area contributed by atoms with Crippen molar-refractivity contribution < 1.29 is 19.2 Å². The second kappa shape index (κ2) is 16.0. The van der Waals surface area contributed by atoms with Crippen LogP contribution in [-0.2, 0) is 25.6 Å². The molecule has 0 aliphatic carbocycles. The maximum atomic E-state index is 13.0. The van der Waals surface area contributed by atoms with E-state index in [2.05, 4.69) is 31.2 Å². The molecular formula is C20H37N11O4. The summed E-state index contributed by atoms with van der Waals surface area (Å²) in [6, 6.07) is -3.01. The van der Waals surface area contributed by atoms with Crippen molar-refractivity contribution in [3.63, 3.8) is 0 Å². The number of imidazole rings is 1. The molecule has 0 aliphatic heterocycles. The van der Waals surface area contributed by atoms with Crippen LogP contribution in [0, 0.1) is 5.41 Å². The van der Waals surface area contributed by atoms with Crippen LogP contribution in [0.2, 0.25) is 0 Å². The van der Waals surface area contributed by atoms with E-state index in [4.69, 9.17) is 28.3 Å². The standard InChI is InChI=1S/C20H37N11O4/c21-6-2-1-4-14(18(34)30-13(17(23)33)5-3-7-27-20(24)25)31-19(35)15(29-16(32)9-22)8-12-10-26-11-28-12/h10-11,13-15H,1-9,21-22H2,(H2,23,33)(H,26,28)(H,29,32)(H,30,34)(H,31,35)(H4,24,25,27)/t13-,14-,15-/m0/s1.